The molecule has 30 heavy (non-hydrogen) atoms. The van der Waals surface area contributed by atoms with Crippen LogP contribution >= 0.6 is 11.8 Å². The van der Waals surface area contributed by atoms with Crippen LogP contribution in [0.3, 0.4) is 0 Å². The summed E-state index contributed by atoms with van der Waals surface area (Å²) in [6.07, 6.45) is -4.76. The smallest absolute Gasteiger partial charge is 0.389 e. The number of nitrogens with zero attached hydrogens (tertiary/aromatic N) is 2. The number of fused-ring (bicyclic) bond motifs is 1. The number of carbonyl (C=O) groups excluding carboxylic acids is 1. The van der Waals surface area contributed by atoms with E-state index in [0.717, 1.165) is 17.3 Å². The van der Waals surface area contributed by atoms with Gasteiger partial charge in [0.1, 0.15) is 0 Å². The minimum absolute atomic E-state index is 0.190. The molecule has 5 nitrogen and oxygen atoms in total. The van der Waals surface area contributed by atoms with Crippen LogP contribution in [-0.4, -0.2) is 34.6 Å². The molecule has 0 saturated carbocycles. The van der Waals surface area contributed by atoms with Gasteiger partial charge in [0.15, 0.2) is 5.16 Å². The molecular weight excluding hydrogens is 417 g/mol. The molecule has 2 aromatic carbocycles. The monoisotopic (exact) mass is 436 g/mol. The maximum absolute atomic E-state index is 13.1. The first-order chi connectivity index (χ1) is 14.3. The molecule has 0 aliphatic heterocycles. The van der Waals surface area contributed by atoms with Crippen LogP contribution in [0.25, 0.3) is 10.9 Å². The van der Waals surface area contributed by atoms with Gasteiger partial charge in [0.2, 0.25) is 0 Å². The Morgan fingerprint density at radius 1 is 1.17 bits per heavy atom. The third-order valence-electron chi connectivity index (χ3n) is 4.42. The highest BCUT2D eigenvalue weighted by atomic mass is 32.2. The zero-order valence-corrected chi connectivity index (χ0v) is 16.9. The molecule has 0 bridgehead atoms. The van der Waals surface area contributed by atoms with Gasteiger partial charge in [-0.3, -0.25) is 9.36 Å². The van der Waals surface area contributed by atoms with Crippen molar-refractivity contribution >= 4 is 28.6 Å². The van der Waals surface area contributed by atoms with E-state index in [1.807, 2.05) is 30.3 Å². The van der Waals surface area contributed by atoms with Gasteiger partial charge in [-0.15, -0.1) is 0 Å². The molecule has 158 valence electrons. The number of methoxy groups -OCH3 is 1. The molecule has 0 spiro atoms. The number of hydrogen-bond donors (Lipinski definition) is 0. The summed E-state index contributed by atoms with van der Waals surface area (Å²) in [4.78, 5) is 29.2. The van der Waals surface area contributed by atoms with Crippen molar-refractivity contribution < 1.29 is 22.7 Å². The van der Waals surface area contributed by atoms with E-state index in [1.54, 1.807) is 0 Å². The summed E-state index contributed by atoms with van der Waals surface area (Å²) in [6, 6.07) is 13.8. The summed E-state index contributed by atoms with van der Waals surface area (Å²) in [5.41, 5.74) is 1.09. The molecule has 1 heterocycles. The Bertz CT molecular complexity index is 1100. The third-order valence-corrected chi connectivity index (χ3v) is 5.40. The topological polar surface area (TPSA) is 61.2 Å². The summed E-state index contributed by atoms with van der Waals surface area (Å²) in [7, 11) is 1.24. The Morgan fingerprint density at radius 2 is 1.90 bits per heavy atom. The second-order valence-electron chi connectivity index (χ2n) is 6.52. The normalized spacial score (nSPS) is 11.6. The molecule has 0 unspecified atom stereocenters. The molecule has 0 amide bonds. The van der Waals surface area contributed by atoms with Gasteiger partial charge in [0.25, 0.3) is 5.56 Å². The number of esters is 1. The van der Waals surface area contributed by atoms with E-state index in [2.05, 4.69) is 9.72 Å². The van der Waals surface area contributed by atoms with E-state index in [9.17, 15) is 22.8 Å². The van der Waals surface area contributed by atoms with Crippen molar-refractivity contribution in [3.8, 4) is 0 Å². The van der Waals surface area contributed by atoms with Crippen LogP contribution in [0.5, 0.6) is 0 Å². The summed E-state index contributed by atoms with van der Waals surface area (Å²) in [5.74, 6) is -0.845. The Hall–Kier alpha value is -2.81. The van der Waals surface area contributed by atoms with Gasteiger partial charge in [-0.25, -0.2) is 9.78 Å². The van der Waals surface area contributed by atoms with E-state index < -0.39 is 18.6 Å². The van der Waals surface area contributed by atoms with Gasteiger partial charge < -0.3 is 4.74 Å². The lowest BCUT2D eigenvalue weighted by Gasteiger charge is -2.14. The van der Waals surface area contributed by atoms with Crippen LogP contribution < -0.4 is 5.56 Å². The van der Waals surface area contributed by atoms with Crippen LogP contribution in [0.4, 0.5) is 13.2 Å². The lowest BCUT2D eigenvalue weighted by atomic mass is 10.1. The molecule has 1 aromatic heterocycles. The Balaban J connectivity index is 1.99. The summed E-state index contributed by atoms with van der Waals surface area (Å²) >= 11 is 0.874. The summed E-state index contributed by atoms with van der Waals surface area (Å²) in [5, 5.41) is 0.477. The number of ether oxygens (including phenoxy) is 1. The van der Waals surface area contributed by atoms with Crippen LogP contribution in [0.2, 0.25) is 0 Å². The quantitative estimate of drug-likeness (QED) is 0.311. The minimum atomic E-state index is -4.29. The molecule has 0 saturated heterocycles. The van der Waals surface area contributed by atoms with Gasteiger partial charge in [-0.1, -0.05) is 42.1 Å². The second-order valence-corrected chi connectivity index (χ2v) is 7.59. The fraction of sp³-hybridized carbons (Fsp3) is 0.286. The number of benzene rings is 2. The number of rotatable bonds is 7. The van der Waals surface area contributed by atoms with Gasteiger partial charge in [0, 0.05) is 12.3 Å². The zero-order valence-electron chi connectivity index (χ0n) is 16.1. The first kappa shape index (κ1) is 21.9. The van der Waals surface area contributed by atoms with Crippen LogP contribution in [-0.2, 0) is 17.7 Å². The van der Waals surface area contributed by atoms with Gasteiger partial charge in [-0.05, 0) is 30.2 Å². The van der Waals surface area contributed by atoms with Crippen molar-refractivity contribution in [3.63, 3.8) is 0 Å². The van der Waals surface area contributed by atoms with Crippen molar-refractivity contribution in [1.82, 2.24) is 9.55 Å². The number of hydrogen-bond acceptors (Lipinski definition) is 5. The maximum Gasteiger partial charge on any atom is 0.389 e. The molecule has 0 aliphatic rings. The van der Waals surface area contributed by atoms with E-state index >= 15 is 0 Å². The zero-order chi connectivity index (χ0) is 21.7. The molecule has 0 aliphatic carbocycles. The number of alkyl halides is 3. The first-order valence-corrected chi connectivity index (χ1v) is 10.1. The largest absolute Gasteiger partial charge is 0.465 e. The highest BCUT2D eigenvalue weighted by Crippen LogP contribution is 2.26. The highest BCUT2D eigenvalue weighted by molar-refractivity contribution is 7.99. The molecule has 3 aromatic rings. The van der Waals surface area contributed by atoms with Crippen molar-refractivity contribution in [1.29, 1.82) is 0 Å². The lowest BCUT2D eigenvalue weighted by Crippen LogP contribution is -2.25. The average Bonchev–Trinajstić information content (AvgIpc) is 2.72. The molecule has 0 radical (unpaired) electrons. The Kier molecular flexibility index (Phi) is 6.81. The summed E-state index contributed by atoms with van der Waals surface area (Å²) in [6.45, 7) is 0.277. The number of thioether (sulfide) groups is 1. The van der Waals surface area contributed by atoms with Gasteiger partial charge in [0.05, 0.1) is 30.0 Å². The van der Waals surface area contributed by atoms with E-state index in [0.29, 0.717) is 6.42 Å². The summed E-state index contributed by atoms with van der Waals surface area (Å²) < 4.78 is 43.8. The standard InChI is InChI=1S/C21H19F3N2O3S/c1-29-19(28)15-7-8-16-17(13-15)25-20(30-12-10-21(22,23)24)26(18(16)27)11-9-14-5-3-2-4-6-14/h2-8,13H,9-12H2,1H3. The molecule has 0 N–H and O–H groups in total. The van der Waals surface area contributed by atoms with Crippen molar-refractivity contribution in [2.75, 3.05) is 12.9 Å². The molecule has 3 rings (SSSR count). The molecule has 9 heteroatoms. The van der Waals surface area contributed by atoms with Crippen molar-refractivity contribution in [2.24, 2.45) is 0 Å². The molecule has 0 atom stereocenters. The van der Waals surface area contributed by atoms with Crippen molar-refractivity contribution in [2.45, 2.75) is 30.7 Å². The second kappa shape index (κ2) is 9.34. The van der Waals surface area contributed by atoms with Crippen LogP contribution in [0.1, 0.15) is 22.3 Å². The van der Waals surface area contributed by atoms with Crippen LogP contribution in [0, 0.1) is 0 Å². The van der Waals surface area contributed by atoms with Crippen molar-refractivity contribution in [3.05, 3.63) is 70.0 Å². The number of aryl methyl sites for hydroxylation is 1. The Labute approximate surface area is 174 Å². The first-order valence-electron chi connectivity index (χ1n) is 9.15. The number of halogens is 3. The predicted molar refractivity (Wildman–Crippen MR) is 109 cm³/mol. The maximum atomic E-state index is 13.1. The predicted octanol–water partition coefficient (Wildman–Crippen LogP) is 4.47. The van der Waals surface area contributed by atoms with E-state index in [1.165, 1.54) is 29.9 Å². The SMILES string of the molecule is COC(=O)c1ccc2c(=O)n(CCc3ccccc3)c(SCCC(F)(F)F)nc2c1. The number of carbonyl (C=O) groups is 1. The third kappa shape index (κ3) is 5.41. The van der Waals surface area contributed by atoms with Gasteiger partial charge >= 0.3 is 12.1 Å². The highest BCUT2D eigenvalue weighted by Gasteiger charge is 2.27. The van der Waals surface area contributed by atoms with Crippen LogP contribution in [0.15, 0.2) is 58.5 Å². The minimum Gasteiger partial charge on any atom is -0.465 e. The average molecular weight is 436 g/mol. The lowest BCUT2D eigenvalue weighted by molar-refractivity contribution is -0.129. The fourth-order valence-electron chi connectivity index (χ4n) is 2.90. The molecule has 0 fully saturated rings. The number of aromatic nitrogens is 2. The van der Waals surface area contributed by atoms with E-state index in [-0.39, 0.29) is 39.5 Å². The fourth-order valence-corrected chi connectivity index (χ4v) is 3.91. The van der Waals surface area contributed by atoms with Gasteiger partial charge in [-0.2, -0.15) is 13.2 Å². The Morgan fingerprint density at radius 3 is 2.57 bits per heavy atom. The van der Waals surface area contributed by atoms with E-state index in [4.69, 9.17) is 0 Å². The molecular formula is C21H19F3N2O3S.